The number of para-hydroxylation sites is 2. The van der Waals surface area contributed by atoms with E-state index in [2.05, 4.69) is 0 Å². The van der Waals surface area contributed by atoms with Crippen LogP contribution in [0.5, 0.6) is 5.75 Å². The number of rotatable bonds is 2. The van der Waals surface area contributed by atoms with Gasteiger partial charge in [-0.25, -0.2) is 0 Å². The van der Waals surface area contributed by atoms with E-state index < -0.39 is 0 Å². The molecule has 2 N–H and O–H groups in total. The Labute approximate surface area is 72.8 Å². The fraction of sp³-hybridized carbons (Fsp3) is 0.250. The van der Waals surface area contributed by atoms with Crippen molar-refractivity contribution in [1.82, 2.24) is 0 Å². The van der Waals surface area contributed by atoms with Crippen molar-refractivity contribution in [2.75, 3.05) is 12.3 Å². The van der Waals surface area contributed by atoms with Gasteiger partial charge in [-0.15, -0.1) is 12.4 Å². The lowest BCUT2D eigenvalue weighted by atomic mass is 10.3. The summed E-state index contributed by atoms with van der Waals surface area (Å²) in [7, 11) is 0. The van der Waals surface area contributed by atoms with Gasteiger partial charge in [-0.1, -0.05) is 12.1 Å². The number of nitrogen functional groups attached to an aromatic ring is 1. The minimum absolute atomic E-state index is 0. The summed E-state index contributed by atoms with van der Waals surface area (Å²) in [5.74, 6) is 0.769. The largest absolute Gasteiger partial charge is 0.492 e. The van der Waals surface area contributed by atoms with Crippen LogP contribution in [0.1, 0.15) is 6.92 Å². The molecule has 62 valence electrons. The SMILES string of the molecule is CCOc1ccccc1N.Cl. The Bertz CT molecular complexity index is 215. The van der Waals surface area contributed by atoms with E-state index in [-0.39, 0.29) is 12.4 Å². The van der Waals surface area contributed by atoms with Crippen molar-refractivity contribution < 1.29 is 4.74 Å². The third-order valence-corrected chi connectivity index (χ3v) is 1.22. The fourth-order valence-corrected chi connectivity index (χ4v) is 0.767. The highest BCUT2D eigenvalue weighted by molar-refractivity contribution is 5.85. The molecular formula is C8H12ClNO. The minimum atomic E-state index is 0. The van der Waals surface area contributed by atoms with Crippen LogP contribution in [0.4, 0.5) is 5.69 Å². The van der Waals surface area contributed by atoms with Crippen molar-refractivity contribution >= 4 is 18.1 Å². The van der Waals surface area contributed by atoms with Crippen LogP contribution in [0.25, 0.3) is 0 Å². The van der Waals surface area contributed by atoms with E-state index in [4.69, 9.17) is 10.5 Å². The molecule has 0 aliphatic rings. The van der Waals surface area contributed by atoms with Gasteiger partial charge in [0.1, 0.15) is 5.75 Å². The Morgan fingerprint density at radius 3 is 2.55 bits per heavy atom. The number of hydrogen-bond acceptors (Lipinski definition) is 2. The number of hydrogen-bond donors (Lipinski definition) is 1. The van der Waals surface area contributed by atoms with E-state index >= 15 is 0 Å². The summed E-state index contributed by atoms with van der Waals surface area (Å²) in [6.07, 6.45) is 0. The molecule has 1 aromatic rings. The maximum Gasteiger partial charge on any atom is 0.142 e. The number of benzene rings is 1. The van der Waals surface area contributed by atoms with Crippen LogP contribution in [-0.4, -0.2) is 6.61 Å². The Morgan fingerprint density at radius 1 is 1.36 bits per heavy atom. The molecule has 1 rings (SSSR count). The highest BCUT2D eigenvalue weighted by atomic mass is 35.5. The maximum absolute atomic E-state index is 5.58. The first-order valence-electron chi connectivity index (χ1n) is 3.32. The molecule has 0 spiro atoms. The second-order valence-corrected chi connectivity index (χ2v) is 1.97. The molecule has 0 aliphatic heterocycles. The molecular weight excluding hydrogens is 162 g/mol. The monoisotopic (exact) mass is 173 g/mol. The molecule has 0 amide bonds. The second kappa shape index (κ2) is 4.85. The molecule has 0 heterocycles. The van der Waals surface area contributed by atoms with E-state index in [1.807, 2.05) is 31.2 Å². The fourth-order valence-electron chi connectivity index (χ4n) is 0.767. The predicted octanol–water partition coefficient (Wildman–Crippen LogP) is 2.09. The number of anilines is 1. The molecule has 0 saturated heterocycles. The molecule has 0 saturated carbocycles. The summed E-state index contributed by atoms with van der Waals surface area (Å²) in [6, 6.07) is 7.48. The van der Waals surface area contributed by atoms with Crippen molar-refractivity contribution in [2.45, 2.75) is 6.92 Å². The summed E-state index contributed by atoms with van der Waals surface area (Å²) < 4.78 is 5.21. The van der Waals surface area contributed by atoms with Crippen molar-refractivity contribution in [3.8, 4) is 5.75 Å². The summed E-state index contributed by atoms with van der Waals surface area (Å²) in [5, 5.41) is 0. The van der Waals surface area contributed by atoms with E-state index in [0.29, 0.717) is 12.3 Å². The van der Waals surface area contributed by atoms with Gasteiger partial charge in [0.2, 0.25) is 0 Å². The summed E-state index contributed by atoms with van der Waals surface area (Å²) in [4.78, 5) is 0. The zero-order chi connectivity index (χ0) is 7.40. The first-order chi connectivity index (χ1) is 4.84. The Hall–Kier alpha value is -0.890. The first kappa shape index (κ1) is 10.1. The van der Waals surface area contributed by atoms with Gasteiger partial charge in [-0.05, 0) is 19.1 Å². The second-order valence-electron chi connectivity index (χ2n) is 1.97. The normalized spacial score (nSPS) is 8.45. The average Bonchev–Trinajstić information content (AvgIpc) is 1.94. The molecule has 0 aliphatic carbocycles. The van der Waals surface area contributed by atoms with Gasteiger partial charge in [0, 0.05) is 0 Å². The van der Waals surface area contributed by atoms with Gasteiger partial charge < -0.3 is 10.5 Å². The molecule has 0 unspecified atom stereocenters. The van der Waals surface area contributed by atoms with Crippen LogP contribution >= 0.6 is 12.4 Å². The van der Waals surface area contributed by atoms with Crippen LogP contribution in [-0.2, 0) is 0 Å². The van der Waals surface area contributed by atoms with E-state index in [1.165, 1.54) is 0 Å². The van der Waals surface area contributed by atoms with Crippen LogP contribution in [0.15, 0.2) is 24.3 Å². The Morgan fingerprint density at radius 2 is 2.00 bits per heavy atom. The number of ether oxygens (including phenoxy) is 1. The Balaban J connectivity index is 0.000001000. The van der Waals surface area contributed by atoms with Crippen LogP contribution in [0.3, 0.4) is 0 Å². The number of nitrogens with two attached hydrogens (primary N) is 1. The molecule has 0 bridgehead atoms. The lowest BCUT2D eigenvalue weighted by Crippen LogP contribution is -1.95. The van der Waals surface area contributed by atoms with E-state index in [9.17, 15) is 0 Å². The standard InChI is InChI=1S/C8H11NO.ClH/c1-2-10-8-6-4-3-5-7(8)9;/h3-6H,2,9H2,1H3;1H. The minimum Gasteiger partial charge on any atom is -0.492 e. The molecule has 11 heavy (non-hydrogen) atoms. The maximum atomic E-state index is 5.58. The lowest BCUT2D eigenvalue weighted by Gasteiger charge is -2.04. The third kappa shape index (κ3) is 2.68. The van der Waals surface area contributed by atoms with Gasteiger partial charge in [0.05, 0.1) is 12.3 Å². The molecule has 1 aromatic carbocycles. The average molecular weight is 174 g/mol. The van der Waals surface area contributed by atoms with Crippen molar-refractivity contribution in [3.05, 3.63) is 24.3 Å². The highest BCUT2D eigenvalue weighted by Crippen LogP contribution is 2.18. The van der Waals surface area contributed by atoms with Crippen LogP contribution in [0, 0.1) is 0 Å². The molecule has 0 atom stereocenters. The van der Waals surface area contributed by atoms with Crippen LogP contribution < -0.4 is 10.5 Å². The third-order valence-electron chi connectivity index (χ3n) is 1.22. The molecule has 0 aromatic heterocycles. The van der Waals surface area contributed by atoms with E-state index in [0.717, 1.165) is 5.75 Å². The van der Waals surface area contributed by atoms with Gasteiger partial charge in [-0.2, -0.15) is 0 Å². The zero-order valence-electron chi connectivity index (χ0n) is 6.41. The summed E-state index contributed by atoms with van der Waals surface area (Å²) in [5.41, 5.74) is 6.28. The first-order valence-corrected chi connectivity index (χ1v) is 3.32. The summed E-state index contributed by atoms with van der Waals surface area (Å²) >= 11 is 0. The number of halogens is 1. The Kier molecular flexibility index (Phi) is 4.46. The lowest BCUT2D eigenvalue weighted by molar-refractivity contribution is 0.342. The van der Waals surface area contributed by atoms with Gasteiger partial charge in [-0.3, -0.25) is 0 Å². The highest BCUT2D eigenvalue weighted by Gasteiger charge is 1.93. The zero-order valence-corrected chi connectivity index (χ0v) is 7.23. The summed E-state index contributed by atoms with van der Waals surface area (Å²) in [6.45, 7) is 2.60. The quantitative estimate of drug-likeness (QED) is 0.696. The van der Waals surface area contributed by atoms with Crippen molar-refractivity contribution in [3.63, 3.8) is 0 Å². The van der Waals surface area contributed by atoms with Crippen molar-refractivity contribution in [1.29, 1.82) is 0 Å². The van der Waals surface area contributed by atoms with Gasteiger partial charge in [0.25, 0.3) is 0 Å². The predicted molar refractivity (Wildman–Crippen MR) is 49.3 cm³/mol. The van der Waals surface area contributed by atoms with E-state index in [1.54, 1.807) is 0 Å². The smallest absolute Gasteiger partial charge is 0.142 e. The van der Waals surface area contributed by atoms with Crippen molar-refractivity contribution in [2.24, 2.45) is 0 Å². The van der Waals surface area contributed by atoms with Gasteiger partial charge in [0.15, 0.2) is 0 Å². The molecule has 0 radical (unpaired) electrons. The topological polar surface area (TPSA) is 35.2 Å². The molecule has 2 nitrogen and oxygen atoms in total. The molecule has 3 heteroatoms. The van der Waals surface area contributed by atoms with Gasteiger partial charge >= 0.3 is 0 Å². The van der Waals surface area contributed by atoms with Crippen LogP contribution in [0.2, 0.25) is 0 Å². The molecule has 0 fully saturated rings.